The minimum Gasteiger partial charge on any atom is -0.387 e. The Morgan fingerprint density at radius 1 is 1.13 bits per heavy atom. The second-order valence-corrected chi connectivity index (χ2v) is 11.1. The van der Waals surface area contributed by atoms with Crippen molar-refractivity contribution in [3.05, 3.63) is 0 Å². The Morgan fingerprint density at radius 2 is 1.84 bits per heavy atom. The number of fused-ring (bicyclic) bond motifs is 1. The molecule has 0 aromatic heterocycles. The number of aliphatic hydroxyl groups is 1. The van der Waals surface area contributed by atoms with E-state index >= 15 is 0 Å². The van der Waals surface area contributed by atoms with Gasteiger partial charge < -0.3 is 28.8 Å². The van der Waals surface area contributed by atoms with Crippen molar-refractivity contribution < 1.29 is 28.8 Å². The zero-order valence-corrected chi connectivity index (χ0v) is 19.6. The highest BCUT2D eigenvalue weighted by atomic mass is 16.7. The number of ether oxygens (including phenoxy) is 5. The van der Waals surface area contributed by atoms with E-state index in [1.54, 1.807) is 0 Å². The van der Waals surface area contributed by atoms with Crippen molar-refractivity contribution in [2.45, 2.75) is 120 Å². The zero-order chi connectivity index (χ0) is 22.3. The number of hydrogen-bond donors (Lipinski definition) is 1. The topological polar surface area (TPSA) is 66.4 Å². The van der Waals surface area contributed by atoms with Crippen LogP contribution >= 0.6 is 0 Å². The Morgan fingerprint density at radius 3 is 2.48 bits per heavy atom. The van der Waals surface area contributed by atoms with E-state index in [1.807, 2.05) is 6.92 Å². The lowest BCUT2D eigenvalue weighted by atomic mass is 9.47. The van der Waals surface area contributed by atoms with E-state index in [9.17, 15) is 5.11 Å². The molecule has 3 heterocycles. The summed E-state index contributed by atoms with van der Waals surface area (Å²) in [4.78, 5) is 0. The molecule has 5 aliphatic rings. The number of terminal acetylenes is 1. The first-order chi connectivity index (χ1) is 14.6. The van der Waals surface area contributed by atoms with Gasteiger partial charge in [0.15, 0.2) is 5.79 Å². The third kappa shape index (κ3) is 2.57. The first kappa shape index (κ1) is 22.1. The van der Waals surface area contributed by atoms with Gasteiger partial charge in [-0.05, 0) is 27.2 Å². The lowest BCUT2D eigenvalue weighted by Gasteiger charge is -2.67. The van der Waals surface area contributed by atoms with Gasteiger partial charge in [-0.25, -0.2) is 0 Å². The average Bonchev–Trinajstić information content (AvgIpc) is 3.07. The van der Waals surface area contributed by atoms with Crippen LogP contribution in [-0.2, 0) is 23.7 Å². The standard InChI is InChI=1S/C25H38O6/c1-7-10-23(11-8-2)29-18-13-16-19(27-12-9-3)25(31-21(16,4)5)22(6,26)14-17-20(30-23)24(18,25)15-28-17/h3,16-20,26H,7-8,10-15H2,1-2,4-6H3/t16-,17+,18+,19+,20+,22+,24-,25+/m1/s1. The molecule has 2 spiro atoms. The normalized spacial score (nSPS) is 50.7. The molecule has 2 aliphatic carbocycles. The molecule has 3 saturated heterocycles. The molecular weight excluding hydrogens is 396 g/mol. The van der Waals surface area contributed by atoms with Crippen LogP contribution in [0.5, 0.6) is 0 Å². The minimum atomic E-state index is -1.16. The second-order valence-electron chi connectivity index (χ2n) is 11.1. The summed E-state index contributed by atoms with van der Waals surface area (Å²) in [6.45, 7) is 11.1. The summed E-state index contributed by atoms with van der Waals surface area (Å²) < 4.78 is 33.5. The van der Waals surface area contributed by atoms with E-state index in [0.717, 1.165) is 32.1 Å². The predicted molar refractivity (Wildman–Crippen MR) is 114 cm³/mol. The van der Waals surface area contributed by atoms with Gasteiger partial charge in [0.25, 0.3) is 0 Å². The molecular formula is C25H38O6. The van der Waals surface area contributed by atoms with Crippen LogP contribution in [0.3, 0.4) is 0 Å². The number of rotatable bonds is 6. The maximum absolute atomic E-state index is 12.0. The first-order valence-electron chi connectivity index (χ1n) is 12.1. The molecule has 5 fully saturated rings. The van der Waals surface area contributed by atoms with E-state index in [0.29, 0.717) is 13.0 Å². The summed E-state index contributed by atoms with van der Waals surface area (Å²) >= 11 is 0. The van der Waals surface area contributed by atoms with Crippen LogP contribution in [0.15, 0.2) is 0 Å². The van der Waals surface area contributed by atoms with E-state index in [2.05, 4.69) is 33.6 Å². The van der Waals surface area contributed by atoms with E-state index in [1.165, 1.54) is 0 Å². The molecule has 1 N–H and O–H groups in total. The fourth-order valence-electron chi connectivity index (χ4n) is 7.96. The molecule has 0 radical (unpaired) electrons. The number of hydrogen-bond acceptors (Lipinski definition) is 6. The second kappa shape index (κ2) is 6.91. The predicted octanol–water partition coefficient (Wildman–Crippen LogP) is 3.19. The van der Waals surface area contributed by atoms with Crippen molar-refractivity contribution in [1.29, 1.82) is 0 Å². The van der Waals surface area contributed by atoms with Crippen molar-refractivity contribution >= 4 is 0 Å². The van der Waals surface area contributed by atoms with Gasteiger partial charge in [0.05, 0.1) is 41.5 Å². The Labute approximate surface area is 186 Å². The highest BCUT2D eigenvalue weighted by molar-refractivity contribution is 5.34. The van der Waals surface area contributed by atoms with Crippen molar-refractivity contribution in [2.24, 2.45) is 11.3 Å². The molecule has 0 amide bonds. The summed E-state index contributed by atoms with van der Waals surface area (Å²) in [7, 11) is 0. The molecule has 6 heteroatoms. The highest BCUT2D eigenvalue weighted by Gasteiger charge is 2.87. The summed E-state index contributed by atoms with van der Waals surface area (Å²) in [6, 6.07) is 0. The molecule has 8 atom stereocenters. The molecule has 6 nitrogen and oxygen atoms in total. The van der Waals surface area contributed by atoms with Crippen LogP contribution in [0, 0.1) is 23.7 Å². The fraction of sp³-hybridized carbons (Fsp3) is 0.920. The molecule has 174 valence electrons. The Balaban J connectivity index is 1.68. The minimum absolute atomic E-state index is 0.0554. The van der Waals surface area contributed by atoms with Crippen LogP contribution < -0.4 is 0 Å². The van der Waals surface area contributed by atoms with Gasteiger partial charge >= 0.3 is 0 Å². The van der Waals surface area contributed by atoms with Crippen molar-refractivity contribution in [3.63, 3.8) is 0 Å². The van der Waals surface area contributed by atoms with Crippen LogP contribution in [0.4, 0.5) is 0 Å². The first-order valence-corrected chi connectivity index (χ1v) is 12.1. The molecule has 31 heavy (non-hydrogen) atoms. The summed E-state index contributed by atoms with van der Waals surface area (Å²) in [5.41, 5.74) is -3.28. The van der Waals surface area contributed by atoms with Gasteiger partial charge in [0.1, 0.15) is 18.3 Å². The summed E-state index contributed by atoms with van der Waals surface area (Å²) in [5, 5.41) is 12.0. The summed E-state index contributed by atoms with van der Waals surface area (Å²) in [6.07, 6.45) is 9.63. The quantitative estimate of drug-likeness (QED) is 0.648. The largest absolute Gasteiger partial charge is 0.387 e. The molecule has 5 rings (SSSR count). The van der Waals surface area contributed by atoms with Gasteiger partial charge in [0, 0.05) is 25.2 Å². The van der Waals surface area contributed by atoms with Gasteiger partial charge in [-0.3, -0.25) is 0 Å². The van der Waals surface area contributed by atoms with E-state index in [4.69, 9.17) is 30.1 Å². The lowest BCUT2D eigenvalue weighted by molar-refractivity contribution is -0.424. The van der Waals surface area contributed by atoms with Crippen molar-refractivity contribution in [3.8, 4) is 12.3 Å². The van der Waals surface area contributed by atoms with Gasteiger partial charge in [-0.2, -0.15) is 0 Å². The molecule has 3 aliphatic heterocycles. The lowest BCUT2D eigenvalue weighted by Crippen LogP contribution is -2.83. The van der Waals surface area contributed by atoms with Crippen molar-refractivity contribution in [2.75, 3.05) is 13.2 Å². The average molecular weight is 435 g/mol. The molecule has 2 saturated carbocycles. The van der Waals surface area contributed by atoms with Crippen LogP contribution in [-0.4, -0.2) is 65.3 Å². The Bertz CT molecular complexity index is 764. The van der Waals surface area contributed by atoms with Gasteiger partial charge in [-0.15, -0.1) is 6.42 Å². The molecule has 0 unspecified atom stereocenters. The smallest absolute Gasteiger partial charge is 0.169 e. The van der Waals surface area contributed by atoms with Crippen LogP contribution in [0.2, 0.25) is 0 Å². The monoisotopic (exact) mass is 434 g/mol. The third-order valence-electron chi connectivity index (χ3n) is 8.90. The van der Waals surface area contributed by atoms with Gasteiger partial charge in [-0.1, -0.05) is 32.6 Å². The van der Waals surface area contributed by atoms with Gasteiger partial charge in [0.2, 0.25) is 0 Å². The Kier molecular flexibility index (Phi) is 4.94. The maximum Gasteiger partial charge on any atom is 0.169 e. The molecule has 0 aromatic carbocycles. The molecule has 0 aromatic rings. The Hall–Kier alpha value is -0.680. The van der Waals surface area contributed by atoms with Crippen LogP contribution in [0.1, 0.15) is 73.1 Å². The third-order valence-corrected chi connectivity index (χ3v) is 8.90. The van der Waals surface area contributed by atoms with E-state index < -0.39 is 28.0 Å². The zero-order valence-electron chi connectivity index (χ0n) is 19.6. The van der Waals surface area contributed by atoms with Crippen LogP contribution in [0.25, 0.3) is 0 Å². The fourth-order valence-corrected chi connectivity index (χ4v) is 7.96. The SMILES string of the molecule is C#CCO[C@H]1[C@H]2C[C@@H]3OC(CCC)(CCC)O[C@H]4[C@@H]5C[C@](C)(O)[C@]1(OC2(C)C)[C@]34CO5. The summed E-state index contributed by atoms with van der Waals surface area (Å²) in [5.74, 6) is 2.07. The van der Waals surface area contributed by atoms with Crippen molar-refractivity contribution in [1.82, 2.24) is 0 Å². The molecule has 4 bridgehead atoms. The van der Waals surface area contributed by atoms with E-state index in [-0.39, 0.29) is 36.9 Å². The maximum atomic E-state index is 12.0. The highest BCUT2D eigenvalue weighted by Crippen LogP contribution is 2.72.